The van der Waals surface area contributed by atoms with Crippen molar-refractivity contribution in [3.05, 3.63) is 41.5 Å². The number of ether oxygens (including phenoxy) is 1. The second-order valence-corrected chi connectivity index (χ2v) is 4.50. The molecular formula is C15H18O2. The van der Waals surface area contributed by atoms with Crippen LogP contribution in [-0.4, -0.2) is 12.6 Å². The zero-order valence-electron chi connectivity index (χ0n) is 10.2. The van der Waals surface area contributed by atoms with Crippen LogP contribution < -0.4 is 0 Å². The molecule has 1 aliphatic carbocycles. The number of benzene rings is 1. The first-order chi connectivity index (χ1) is 8.28. The summed E-state index contributed by atoms with van der Waals surface area (Å²) >= 11 is 0. The van der Waals surface area contributed by atoms with Gasteiger partial charge in [0.15, 0.2) is 0 Å². The summed E-state index contributed by atoms with van der Waals surface area (Å²) in [5.74, 6) is 0.382. The van der Waals surface area contributed by atoms with Crippen LogP contribution in [0.25, 0.3) is 6.08 Å². The van der Waals surface area contributed by atoms with Gasteiger partial charge in [-0.1, -0.05) is 31.2 Å². The fourth-order valence-electron chi connectivity index (χ4n) is 1.56. The van der Waals surface area contributed by atoms with Gasteiger partial charge in [0, 0.05) is 6.08 Å². The van der Waals surface area contributed by atoms with E-state index in [-0.39, 0.29) is 5.97 Å². The normalized spacial score (nSPS) is 15.1. The average Bonchev–Trinajstić information content (AvgIpc) is 3.18. The van der Waals surface area contributed by atoms with Gasteiger partial charge in [0.25, 0.3) is 0 Å². The number of aryl methyl sites for hydroxylation is 1. The maximum absolute atomic E-state index is 11.4. The standard InChI is InChI=1S/C15H18O2/c1-2-12-3-5-13(6-4-12)9-10-15(16)17-11-14-7-8-14/h3-6,9-10,14H,2,7-8,11H2,1H3. The quantitative estimate of drug-likeness (QED) is 0.573. The van der Waals surface area contributed by atoms with Crippen molar-refractivity contribution in [3.63, 3.8) is 0 Å². The third kappa shape index (κ3) is 4.06. The van der Waals surface area contributed by atoms with Gasteiger partial charge in [-0.25, -0.2) is 4.79 Å². The lowest BCUT2D eigenvalue weighted by molar-refractivity contribution is -0.138. The molecule has 1 saturated carbocycles. The number of hydrogen-bond acceptors (Lipinski definition) is 2. The first-order valence-corrected chi connectivity index (χ1v) is 6.21. The Morgan fingerprint density at radius 3 is 2.65 bits per heavy atom. The number of carbonyl (C=O) groups is 1. The minimum atomic E-state index is -0.239. The van der Waals surface area contributed by atoms with Gasteiger partial charge in [0.05, 0.1) is 6.61 Å². The van der Waals surface area contributed by atoms with Crippen molar-refractivity contribution >= 4 is 12.0 Å². The summed E-state index contributed by atoms with van der Waals surface area (Å²) in [7, 11) is 0. The maximum atomic E-state index is 11.4. The van der Waals surface area contributed by atoms with E-state index in [2.05, 4.69) is 19.1 Å². The van der Waals surface area contributed by atoms with E-state index in [0.29, 0.717) is 12.5 Å². The van der Waals surface area contributed by atoms with Crippen molar-refractivity contribution in [3.8, 4) is 0 Å². The van der Waals surface area contributed by atoms with Gasteiger partial charge >= 0.3 is 5.97 Å². The van der Waals surface area contributed by atoms with E-state index in [1.54, 1.807) is 6.08 Å². The summed E-state index contributed by atoms with van der Waals surface area (Å²) in [4.78, 5) is 11.4. The van der Waals surface area contributed by atoms with Crippen molar-refractivity contribution in [2.24, 2.45) is 5.92 Å². The largest absolute Gasteiger partial charge is 0.462 e. The molecule has 1 aromatic rings. The molecule has 0 amide bonds. The van der Waals surface area contributed by atoms with Crippen LogP contribution in [0.3, 0.4) is 0 Å². The molecule has 0 N–H and O–H groups in total. The molecule has 0 spiro atoms. The van der Waals surface area contributed by atoms with Crippen molar-refractivity contribution < 1.29 is 9.53 Å². The molecule has 0 aromatic heterocycles. The zero-order valence-corrected chi connectivity index (χ0v) is 10.2. The minimum Gasteiger partial charge on any atom is -0.462 e. The van der Waals surface area contributed by atoms with E-state index in [9.17, 15) is 4.79 Å². The van der Waals surface area contributed by atoms with Gasteiger partial charge in [0.1, 0.15) is 0 Å². The molecule has 0 saturated heterocycles. The van der Waals surface area contributed by atoms with Crippen LogP contribution in [-0.2, 0) is 16.0 Å². The Morgan fingerprint density at radius 1 is 1.35 bits per heavy atom. The molecule has 2 nitrogen and oxygen atoms in total. The molecule has 1 fully saturated rings. The first kappa shape index (κ1) is 11.9. The highest BCUT2D eigenvalue weighted by Gasteiger charge is 2.22. The Hall–Kier alpha value is -1.57. The number of carbonyl (C=O) groups excluding carboxylic acids is 1. The molecule has 0 aliphatic heterocycles. The molecule has 2 rings (SSSR count). The molecule has 1 aliphatic rings. The van der Waals surface area contributed by atoms with Crippen LogP contribution in [0.4, 0.5) is 0 Å². The molecule has 17 heavy (non-hydrogen) atoms. The van der Waals surface area contributed by atoms with E-state index < -0.39 is 0 Å². The Kier molecular flexibility index (Phi) is 3.97. The van der Waals surface area contributed by atoms with Gasteiger partial charge < -0.3 is 4.74 Å². The second-order valence-electron chi connectivity index (χ2n) is 4.50. The van der Waals surface area contributed by atoms with Crippen LogP contribution >= 0.6 is 0 Å². The lowest BCUT2D eigenvalue weighted by Gasteiger charge is -1.99. The van der Waals surface area contributed by atoms with Gasteiger partial charge in [-0.3, -0.25) is 0 Å². The molecule has 90 valence electrons. The highest BCUT2D eigenvalue weighted by molar-refractivity contribution is 5.87. The molecule has 2 heteroatoms. The average molecular weight is 230 g/mol. The van der Waals surface area contributed by atoms with Crippen molar-refractivity contribution in [2.75, 3.05) is 6.61 Å². The second kappa shape index (κ2) is 5.67. The molecular weight excluding hydrogens is 212 g/mol. The fraction of sp³-hybridized carbons (Fsp3) is 0.400. The van der Waals surface area contributed by atoms with Crippen LogP contribution in [0.15, 0.2) is 30.3 Å². The lowest BCUT2D eigenvalue weighted by Crippen LogP contribution is -2.03. The molecule has 0 unspecified atom stereocenters. The summed E-state index contributed by atoms with van der Waals surface area (Å²) in [6.45, 7) is 2.71. The molecule has 0 atom stereocenters. The minimum absolute atomic E-state index is 0.239. The smallest absolute Gasteiger partial charge is 0.330 e. The van der Waals surface area contributed by atoms with Crippen molar-refractivity contribution in [2.45, 2.75) is 26.2 Å². The third-order valence-electron chi connectivity index (χ3n) is 2.96. The first-order valence-electron chi connectivity index (χ1n) is 6.21. The third-order valence-corrected chi connectivity index (χ3v) is 2.96. The molecule has 0 bridgehead atoms. The summed E-state index contributed by atoms with van der Waals surface area (Å²) in [6.07, 6.45) is 6.75. The number of rotatable bonds is 5. The van der Waals surface area contributed by atoms with Crippen molar-refractivity contribution in [1.82, 2.24) is 0 Å². The van der Waals surface area contributed by atoms with Crippen molar-refractivity contribution in [1.29, 1.82) is 0 Å². The van der Waals surface area contributed by atoms with Crippen LogP contribution in [0.5, 0.6) is 0 Å². The highest BCUT2D eigenvalue weighted by atomic mass is 16.5. The highest BCUT2D eigenvalue weighted by Crippen LogP contribution is 2.28. The summed E-state index contributed by atoms with van der Waals surface area (Å²) < 4.78 is 5.11. The predicted octanol–water partition coefficient (Wildman–Crippen LogP) is 3.22. The Bertz CT molecular complexity index is 399. The summed E-state index contributed by atoms with van der Waals surface area (Å²) in [5, 5.41) is 0. The zero-order chi connectivity index (χ0) is 12.1. The molecule has 0 heterocycles. The molecule has 1 aromatic carbocycles. The fourth-order valence-corrected chi connectivity index (χ4v) is 1.56. The lowest BCUT2D eigenvalue weighted by atomic mass is 10.1. The topological polar surface area (TPSA) is 26.3 Å². The van der Waals surface area contributed by atoms with Gasteiger partial charge in [0.2, 0.25) is 0 Å². The predicted molar refractivity (Wildman–Crippen MR) is 68.5 cm³/mol. The number of hydrogen-bond donors (Lipinski definition) is 0. The van der Waals surface area contributed by atoms with Crippen LogP contribution in [0.1, 0.15) is 30.9 Å². The van der Waals surface area contributed by atoms with Crippen LogP contribution in [0, 0.1) is 5.92 Å². The summed E-state index contributed by atoms with van der Waals surface area (Å²) in [5.41, 5.74) is 2.34. The maximum Gasteiger partial charge on any atom is 0.330 e. The van der Waals surface area contributed by atoms with E-state index >= 15 is 0 Å². The monoisotopic (exact) mass is 230 g/mol. The Balaban J connectivity index is 1.82. The van der Waals surface area contributed by atoms with Gasteiger partial charge in [-0.2, -0.15) is 0 Å². The van der Waals surface area contributed by atoms with E-state index in [1.807, 2.05) is 12.1 Å². The Morgan fingerprint density at radius 2 is 2.06 bits per heavy atom. The summed E-state index contributed by atoms with van der Waals surface area (Å²) in [6, 6.07) is 8.19. The number of esters is 1. The molecule has 0 radical (unpaired) electrons. The van der Waals surface area contributed by atoms with Crippen LogP contribution in [0.2, 0.25) is 0 Å². The van der Waals surface area contributed by atoms with E-state index in [4.69, 9.17) is 4.74 Å². The Labute approximate surface area is 102 Å². The van der Waals surface area contributed by atoms with Gasteiger partial charge in [-0.05, 0) is 42.4 Å². The SMILES string of the molecule is CCc1ccc(C=CC(=O)OCC2CC2)cc1. The van der Waals surface area contributed by atoms with E-state index in [1.165, 1.54) is 24.5 Å². The van der Waals surface area contributed by atoms with E-state index in [0.717, 1.165) is 12.0 Å². The van der Waals surface area contributed by atoms with Gasteiger partial charge in [-0.15, -0.1) is 0 Å².